The van der Waals surface area contributed by atoms with Crippen molar-refractivity contribution in [3.8, 4) is 5.75 Å². The van der Waals surface area contributed by atoms with Crippen LogP contribution in [0.15, 0.2) is 83.8 Å². The van der Waals surface area contributed by atoms with Crippen LogP contribution in [0, 0.1) is 0 Å². The summed E-state index contributed by atoms with van der Waals surface area (Å²) in [6, 6.07) is 20.0. The number of ether oxygens (including phenoxy) is 1. The van der Waals surface area contributed by atoms with Gasteiger partial charge in [0.05, 0.1) is 4.90 Å². The van der Waals surface area contributed by atoms with Gasteiger partial charge in [0.15, 0.2) is 0 Å². The SMILES string of the molecule is O=C(Nc1ccc(OC(F)F)cc1)c1cccc(S(=O)(=O)NCc2ccccc2)c1. The fourth-order valence-corrected chi connectivity index (χ4v) is 3.65. The van der Waals surface area contributed by atoms with Crippen LogP contribution in [0.1, 0.15) is 15.9 Å². The minimum Gasteiger partial charge on any atom is -0.435 e. The largest absolute Gasteiger partial charge is 0.435 e. The first-order valence-corrected chi connectivity index (χ1v) is 10.3. The van der Waals surface area contributed by atoms with Gasteiger partial charge in [-0.3, -0.25) is 4.79 Å². The van der Waals surface area contributed by atoms with Crippen molar-refractivity contribution in [1.82, 2.24) is 4.72 Å². The van der Waals surface area contributed by atoms with Gasteiger partial charge in [0.1, 0.15) is 5.75 Å². The molecule has 0 heterocycles. The van der Waals surface area contributed by atoms with Crippen molar-refractivity contribution in [1.29, 1.82) is 0 Å². The molecule has 156 valence electrons. The maximum atomic E-state index is 12.5. The van der Waals surface area contributed by atoms with Gasteiger partial charge in [0.25, 0.3) is 5.91 Å². The molecule has 9 heteroatoms. The van der Waals surface area contributed by atoms with Crippen LogP contribution in [-0.2, 0) is 16.6 Å². The fourth-order valence-electron chi connectivity index (χ4n) is 2.59. The standard InChI is InChI=1S/C21H18F2N2O4S/c22-21(23)29-18-11-9-17(10-12-18)25-20(26)16-7-4-8-19(13-16)30(27,28)24-14-15-5-2-1-3-6-15/h1-13,21,24H,14H2,(H,25,26). The number of rotatable bonds is 8. The number of nitrogens with one attached hydrogen (secondary N) is 2. The Kier molecular flexibility index (Phi) is 6.76. The molecule has 0 saturated heterocycles. The smallest absolute Gasteiger partial charge is 0.387 e. The van der Waals surface area contributed by atoms with Crippen LogP contribution in [0.4, 0.5) is 14.5 Å². The predicted octanol–water partition coefficient (Wildman–Crippen LogP) is 4.02. The summed E-state index contributed by atoms with van der Waals surface area (Å²) in [5.41, 5.74) is 1.27. The molecule has 0 atom stereocenters. The number of hydrogen-bond acceptors (Lipinski definition) is 4. The molecule has 0 aromatic heterocycles. The molecular weight excluding hydrogens is 414 g/mol. The maximum absolute atomic E-state index is 12.5. The van der Waals surface area contributed by atoms with Gasteiger partial charge < -0.3 is 10.1 Å². The zero-order valence-corrected chi connectivity index (χ0v) is 16.4. The molecule has 3 aromatic carbocycles. The van der Waals surface area contributed by atoms with Gasteiger partial charge in [-0.1, -0.05) is 36.4 Å². The second-order valence-electron chi connectivity index (χ2n) is 6.19. The highest BCUT2D eigenvalue weighted by molar-refractivity contribution is 7.89. The third-order valence-electron chi connectivity index (χ3n) is 4.05. The van der Waals surface area contributed by atoms with Gasteiger partial charge in [-0.15, -0.1) is 0 Å². The third-order valence-corrected chi connectivity index (χ3v) is 5.45. The molecule has 0 bridgehead atoms. The number of hydrogen-bond donors (Lipinski definition) is 2. The Balaban J connectivity index is 1.68. The van der Waals surface area contributed by atoms with Crippen LogP contribution in [0.2, 0.25) is 0 Å². The number of anilines is 1. The first kappa shape index (κ1) is 21.4. The van der Waals surface area contributed by atoms with Gasteiger partial charge in [0.2, 0.25) is 10.0 Å². The number of amides is 1. The highest BCUT2D eigenvalue weighted by Gasteiger charge is 2.16. The van der Waals surface area contributed by atoms with E-state index in [2.05, 4.69) is 14.8 Å². The Labute approximate surface area is 172 Å². The zero-order chi connectivity index (χ0) is 21.6. The Morgan fingerprint density at radius 1 is 0.933 bits per heavy atom. The van der Waals surface area contributed by atoms with Gasteiger partial charge in [-0.05, 0) is 48.0 Å². The molecule has 2 N–H and O–H groups in total. The van der Waals surface area contributed by atoms with Crippen molar-refractivity contribution in [2.75, 3.05) is 5.32 Å². The maximum Gasteiger partial charge on any atom is 0.387 e. The average Bonchev–Trinajstić information content (AvgIpc) is 2.74. The summed E-state index contributed by atoms with van der Waals surface area (Å²) in [5.74, 6) is -0.585. The highest BCUT2D eigenvalue weighted by atomic mass is 32.2. The van der Waals surface area contributed by atoms with E-state index in [1.54, 1.807) is 24.3 Å². The van der Waals surface area contributed by atoms with E-state index < -0.39 is 22.5 Å². The minimum atomic E-state index is -3.82. The summed E-state index contributed by atoms with van der Waals surface area (Å²) in [4.78, 5) is 12.4. The van der Waals surface area contributed by atoms with Gasteiger partial charge in [-0.2, -0.15) is 8.78 Å². The monoisotopic (exact) mass is 432 g/mol. The molecule has 1 amide bonds. The van der Waals surface area contributed by atoms with Crippen LogP contribution < -0.4 is 14.8 Å². The van der Waals surface area contributed by atoms with Gasteiger partial charge >= 0.3 is 6.61 Å². The lowest BCUT2D eigenvalue weighted by Gasteiger charge is -2.10. The molecule has 0 fully saturated rings. The van der Waals surface area contributed by atoms with Crippen LogP contribution in [0.3, 0.4) is 0 Å². The quantitative estimate of drug-likeness (QED) is 0.563. The topological polar surface area (TPSA) is 84.5 Å². The van der Waals surface area contributed by atoms with Crippen molar-refractivity contribution >= 4 is 21.6 Å². The molecule has 0 radical (unpaired) electrons. The summed E-state index contributed by atoms with van der Waals surface area (Å²) in [7, 11) is -3.82. The molecule has 0 spiro atoms. The summed E-state index contributed by atoms with van der Waals surface area (Å²) < 4.78 is 56.2. The van der Waals surface area contributed by atoms with E-state index in [-0.39, 0.29) is 22.8 Å². The molecule has 0 aliphatic heterocycles. The number of halogens is 2. The van der Waals surface area contributed by atoms with E-state index >= 15 is 0 Å². The lowest BCUT2D eigenvalue weighted by Crippen LogP contribution is -2.23. The Morgan fingerprint density at radius 3 is 2.30 bits per heavy atom. The Hall–Kier alpha value is -3.30. The van der Waals surface area contributed by atoms with Crippen molar-refractivity contribution in [2.45, 2.75) is 18.1 Å². The van der Waals surface area contributed by atoms with Crippen molar-refractivity contribution < 1.29 is 26.7 Å². The number of benzene rings is 3. The summed E-state index contributed by atoms with van der Waals surface area (Å²) in [6.07, 6.45) is 0. The van der Waals surface area contributed by atoms with Gasteiger partial charge in [-0.25, -0.2) is 13.1 Å². The Morgan fingerprint density at radius 2 is 1.63 bits per heavy atom. The zero-order valence-electron chi connectivity index (χ0n) is 15.6. The third kappa shape index (κ3) is 5.85. The molecule has 0 unspecified atom stereocenters. The molecule has 0 aliphatic rings. The van der Waals surface area contributed by atoms with Crippen LogP contribution in [-0.4, -0.2) is 20.9 Å². The summed E-state index contributed by atoms with van der Waals surface area (Å²) >= 11 is 0. The predicted molar refractivity (Wildman–Crippen MR) is 108 cm³/mol. The number of carbonyl (C=O) groups excluding carboxylic acids is 1. The van der Waals surface area contributed by atoms with Crippen LogP contribution in [0.25, 0.3) is 0 Å². The highest BCUT2D eigenvalue weighted by Crippen LogP contribution is 2.19. The molecular formula is C21H18F2N2O4S. The number of sulfonamides is 1. The Bertz CT molecular complexity index is 1110. The first-order valence-electron chi connectivity index (χ1n) is 8.83. The van der Waals surface area contributed by atoms with Crippen molar-refractivity contribution in [3.63, 3.8) is 0 Å². The second-order valence-corrected chi connectivity index (χ2v) is 7.96. The summed E-state index contributed by atoms with van der Waals surface area (Å²) in [5, 5.41) is 2.58. The van der Waals surface area contributed by atoms with Crippen molar-refractivity contribution in [2.24, 2.45) is 0 Å². The van der Waals surface area contributed by atoms with E-state index in [9.17, 15) is 22.0 Å². The number of carbonyl (C=O) groups is 1. The molecule has 3 aromatic rings. The van der Waals surface area contributed by atoms with Crippen LogP contribution >= 0.6 is 0 Å². The van der Waals surface area contributed by atoms with Crippen LogP contribution in [0.5, 0.6) is 5.75 Å². The van der Waals surface area contributed by atoms with Crippen molar-refractivity contribution in [3.05, 3.63) is 90.0 Å². The van der Waals surface area contributed by atoms with Gasteiger partial charge in [0, 0.05) is 17.8 Å². The summed E-state index contributed by atoms with van der Waals surface area (Å²) in [6.45, 7) is -2.82. The van der Waals surface area contributed by atoms with E-state index in [1.807, 2.05) is 6.07 Å². The lowest BCUT2D eigenvalue weighted by atomic mass is 10.2. The minimum absolute atomic E-state index is 0.0411. The second kappa shape index (κ2) is 9.47. The fraction of sp³-hybridized carbons (Fsp3) is 0.0952. The lowest BCUT2D eigenvalue weighted by molar-refractivity contribution is -0.0498. The average molecular weight is 432 g/mol. The van der Waals surface area contributed by atoms with E-state index in [0.717, 1.165) is 5.56 Å². The number of alkyl halides is 2. The molecule has 6 nitrogen and oxygen atoms in total. The van der Waals surface area contributed by atoms with E-state index in [0.29, 0.717) is 5.69 Å². The van der Waals surface area contributed by atoms with E-state index in [4.69, 9.17) is 0 Å². The first-order chi connectivity index (χ1) is 14.3. The molecule has 0 aliphatic carbocycles. The normalized spacial score (nSPS) is 11.3. The van der Waals surface area contributed by atoms with E-state index in [1.165, 1.54) is 48.5 Å². The molecule has 3 rings (SSSR count). The molecule has 30 heavy (non-hydrogen) atoms. The molecule has 0 saturated carbocycles.